The van der Waals surface area contributed by atoms with Crippen LogP contribution in [0, 0.1) is 6.92 Å². The predicted molar refractivity (Wildman–Crippen MR) is 81.0 cm³/mol. The maximum Gasteiger partial charge on any atom is 0.135 e. The van der Waals surface area contributed by atoms with Gasteiger partial charge in [-0.15, -0.1) is 0 Å². The van der Waals surface area contributed by atoms with E-state index in [1.165, 1.54) is 19.3 Å². The second-order valence-electron chi connectivity index (χ2n) is 5.26. The molecule has 0 bridgehead atoms. The summed E-state index contributed by atoms with van der Waals surface area (Å²) in [6.45, 7) is 4.87. The van der Waals surface area contributed by atoms with Crippen molar-refractivity contribution >= 4 is 23.2 Å². The number of aromatic nitrogens is 1. The van der Waals surface area contributed by atoms with Crippen molar-refractivity contribution in [2.75, 3.05) is 20.1 Å². The minimum Gasteiger partial charge on any atom is -0.317 e. The Balaban J connectivity index is 2.07. The van der Waals surface area contributed by atoms with Gasteiger partial charge in [0.1, 0.15) is 5.15 Å². The van der Waals surface area contributed by atoms with Crippen LogP contribution in [0.2, 0.25) is 10.2 Å². The van der Waals surface area contributed by atoms with Gasteiger partial charge in [0.2, 0.25) is 0 Å². The molecule has 0 saturated carbocycles. The first-order valence-corrected chi connectivity index (χ1v) is 7.56. The van der Waals surface area contributed by atoms with Crippen LogP contribution >= 0.6 is 23.2 Å². The summed E-state index contributed by atoms with van der Waals surface area (Å²) < 4.78 is 0. The van der Waals surface area contributed by atoms with Crippen LogP contribution in [-0.2, 0) is 6.54 Å². The molecule has 1 fully saturated rings. The molecular weight excluding hydrogens is 281 g/mol. The first-order chi connectivity index (χ1) is 9.08. The minimum atomic E-state index is 0.531. The summed E-state index contributed by atoms with van der Waals surface area (Å²) in [6.07, 6.45) is 3.62. The Labute approximate surface area is 125 Å². The molecule has 0 amide bonds. The molecule has 19 heavy (non-hydrogen) atoms. The van der Waals surface area contributed by atoms with E-state index in [0.717, 1.165) is 35.9 Å². The van der Waals surface area contributed by atoms with Crippen LogP contribution in [0.25, 0.3) is 0 Å². The number of pyridine rings is 1. The Kier molecular flexibility index (Phi) is 5.46. The second kappa shape index (κ2) is 6.89. The van der Waals surface area contributed by atoms with E-state index < -0.39 is 0 Å². The Morgan fingerprint density at radius 1 is 1.37 bits per heavy atom. The van der Waals surface area contributed by atoms with E-state index >= 15 is 0 Å². The molecule has 1 aliphatic heterocycles. The molecule has 0 radical (unpaired) electrons. The zero-order valence-corrected chi connectivity index (χ0v) is 13.1. The number of rotatable bonds is 3. The molecule has 5 heteroatoms. The zero-order chi connectivity index (χ0) is 13.8. The summed E-state index contributed by atoms with van der Waals surface area (Å²) in [7, 11) is 2.14. The maximum absolute atomic E-state index is 6.29. The van der Waals surface area contributed by atoms with Gasteiger partial charge < -0.3 is 5.32 Å². The van der Waals surface area contributed by atoms with Crippen molar-refractivity contribution in [3.05, 3.63) is 27.5 Å². The molecule has 1 N–H and O–H groups in total. The van der Waals surface area contributed by atoms with Crippen molar-refractivity contribution < 1.29 is 0 Å². The first kappa shape index (κ1) is 15.0. The molecule has 2 rings (SSSR count). The lowest BCUT2D eigenvalue weighted by Crippen LogP contribution is -2.32. The molecule has 1 saturated heterocycles. The fourth-order valence-corrected chi connectivity index (χ4v) is 3.23. The summed E-state index contributed by atoms with van der Waals surface area (Å²) in [5.74, 6) is 0. The second-order valence-corrected chi connectivity index (χ2v) is 6.03. The van der Waals surface area contributed by atoms with Crippen LogP contribution in [0.3, 0.4) is 0 Å². The summed E-state index contributed by atoms with van der Waals surface area (Å²) >= 11 is 12.5. The molecule has 0 aromatic carbocycles. The van der Waals surface area contributed by atoms with E-state index in [9.17, 15) is 0 Å². The SMILES string of the molecule is Cc1cc(Cl)c(CN(C)C2CCCNCC2)c(Cl)n1. The summed E-state index contributed by atoms with van der Waals surface area (Å²) in [5, 5.41) is 4.68. The molecule has 3 nitrogen and oxygen atoms in total. The third kappa shape index (κ3) is 4.06. The Hall–Kier alpha value is -0.350. The molecule has 2 heterocycles. The fraction of sp³-hybridized carbons (Fsp3) is 0.643. The van der Waals surface area contributed by atoms with Crippen LogP contribution in [-0.4, -0.2) is 36.1 Å². The van der Waals surface area contributed by atoms with E-state index in [1.54, 1.807) is 0 Å². The van der Waals surface area contributed by atoms with E-state index in [4.69, 9.17) is 23.2 Å². The van der Waals surface area contributed by atoms with E-state index in [-0.39, 0.29) is 0 Å². The van der Waals surface area contributed by atoms with E-state index in [2.05, 4.69) is 22.2 Å². The number of aryl methyl sites for hydroxylation is 1. The molecule has 106 valence electrons. The number of halogens is 2. The normalized spacial score (nSPS) is 20.6. The number of hydrogen-bond donors (Lipinski definition) is 1. The van der Waals surface area contributed by atoms with Gasteiger partial charge in [0.25, 0.3) is 0 Å². The molecule has 0 aliphatic carbocycles. The predicted octanol–water partition coefficient (Wildman–Crippen LogP) is 3.27. The monoisotopic (exact) mass is 301 g/mol. The number of hydrogen-bond acceptors (Lipinski definition) is 3. The highest BCUT2D eigenvalue weighted by atomic mass is 35.5. The Morgan fingerprint density at radius 3 is 2.89 bits per heavy atom. The Bertz CT molecular complexity index is 406. The highest BCUT2D eigenvalue weighted by Gasteiger charge is 2.19. The molecule has 1 atom stereocenters. The van der Waals surface area contributed by atoms with Gasteiger partial charge in [0.05, 0.1) is 0 Å². The van der Waals surface area contributed by atoms with Crippen LogP contribution < -0.4 is 5.32 Å². The van der Waals surface area contributed by atoms with Gasteiger partial charge in [0.15, 0.2) is 0 Å². The highest BCUT2D eigenvalue weighted by molar-refractivity contribution is 6.35. The van der Waals surface area contributed by atoms with Crippen molar-refractivity contribution in [1.29, 1.82) is 0 Å². The molecular formula is C14H21Cl2N3. The molecule has 1 aromatic heterocycles. The Morgan fingerprint density at radius 2 is 2.16 bits per heavy atom. The van der Waals surface area contributed by atoms with Crippen LogP contribution in [0.5, 0.6) is 0 Å². The maximum atomic E-state index is 6.29. The average molecular weight is 302 g/mol. The van der Waals surface area contributed by atoms with Gasteiger partial charge in [-0.25, -0.2) is 4.98 Å². The topological polar surface area (TPSA) is 28.2 Å². The zero-order valence-electron chi connectivity index (χ0n) is 11.5. The number of nitrogens with zero attached hydrogens (tertiary/aromatic N) is 2. The lowest BCUT2D eigenvalue weighted by molar-refractivity contribution is 0.216. The lowest BCUT2D eigenvalue weighted by atomic mass is 10.1. The van der Waals surface area contributed by atoms with E-state index in [1.807, 2.05) is 13.0 Å². The van der Waals surface area contributed by atoms with Crippen LogP contribution in [0.1, 0.15) is 30.5 Å². The quantitative estimate of drug-likeness (QED) is 0.869. The standard InChI is InChI=1S/C14H21Cl2N3/c1-10-8-13(15)12(14(16)18-10)9-19(2)11-4-3-6-17-7-5-11/h8,11,17H,3-7,9H2,1-2H3. The number of nitrogens with one attached hydrogen (secondary N) is 1. The molecule has 1 aliphatic rings. The summed E-state index contributed by atoms with van der Waals surface area (Å²) in [6, 6.07) is 2.47. The summed E-state index contributed by atoms with van der Waals surface area (Å²) in [5.41, 5.74) is 1.80. The third-order valence-electron chi connectivity index (χ3n) is 3.72. The molecule has 1 aromatic rings. The van der Waals surface area contributed by atoms with Crippen molar-refractivity contribution in [2.24, 2.45) is 0 Å². The van der Waals surface area contributed by atoms with E-state index in [0.29, 0.717) is 11.2 Å². The lowest BCUT2D eigenvalue weighted by Gasteiger charge is -2.27. The van der Waals surface area contributed by atoms with Gasteiger partial charge in [-0.3, -0.25) is 4.90 Å². The van der Waals surface area contributed by atoms with Crippen LogP contribution in [0.15, 0.2) is 6.07 Å². The van der Waals surface area contributed by atoms with Gasteiger partial charge in [-0.2, -0.15) is 0 Å². The van der Waals surface area contributed by atoms with Crippen molar-refractivity contribution in [2.45, 2.75) is 38.8 Å². The van der Waals surface area contributed by atoms with Crippen molar-refractivity contribution in [3.63, 3.8) is 0 Å². The average Bonchev–Trinajstić information content (AvgIpc) is 2.62. The van der Waals surface area contributed by atoms with Crippen molar-refractivity contribution in [1.82, 2.24) is 15.2 Å². The first-order valence-electron chi connectivity index (χ1n) is 6.80. The summed E-state index contributed by atoms with van der Waals surface area (Å²) in [4.78, 5) is 6.64. The van der Waals surface area contributed by atoms with Gasteiger partial charge >= 0.3 is 0 Å². The van der Waals surface area contributed by atoms with Gasteiger partial charge in [-0.1, -0.05) is 23.2 Å². The van der Waals surface area contributed by atoms with Crippen molar-refractivity contribution in [3.8, 4) is 0 Å². The minimum absolute atomic E-state index is 0.531. The van der Waals surface area contributed by atoms with Crippen LogP contribution in [0.4, 0.5) is 0 Å². The largest absolute Gasteiger partial charge is 0.317 e. The third-order valence-corrected chi connectivity index (χ3v) is 4.37. The van der Waals surface area contributed by atoms with Gasteiger partial charge in [-0.05, 0) is 52.4 Å². The van der Waals surface area contributed by atoms with Gasteiger partial charge in [0, 0.05) is 28.9 Å². The smallest absolute Gasteiger partial charge is 0.135 e. The highest BCUT2D eigenvalue weighted by Crippen LogP contribution is 2.26. The fourth-order valence-electron chi connectivity index (χ4n) is 2.58. The molecule has 1 unspecified atom stereocenters. The molecule has 0 spiro atoms.